The van der Waals surface area contributed by atoms with Gasteiger partial charge in [-0.05, 0) is 60.7 Å². The minimum Gasteiger partial charge on any atom is -0.403 e. The third-order valence-corrected chi connectivity index (χ3v) is 7.24. The smallest absolute Gasteiger partial charge is 0.322 e. The van der Waals surface area contributed by atoms with Crippen LogP contribution in [0.25, 0.3) is 11.5 Å². The molecule has 1 N–H and O–H groups in total. The number of benzene rings is 2. The molecule has 0 aliphatic heterocycles. The summed E-state index contributed by atoms with van der Waals surface area (Å²) in [5.74, 6) is 0.800. The van der Waals surface area contributed by atoms with Crippen molar-refractivity contribution in [2.24, 2.45) is 0 Å². The minimum atomic E-state index is -3.27. The standard InChI is InChI=1S/C20H20ClN3O4S2/c1-2-30(26,27)17-11-5-14(6-12-17)19-23-24-20(28-19)22-18(25)4-3-13-29-16-9-7-15(21)8-10-16/h5-12H,2-4,13H2,1H3,(H,22,24,25). The van der Waals surface area contributed by atoms with Gasteiger partial charge in [0.1, 0.15) is 0 Å². The highest BCUT2D eigenvalue weighted by atomic mass is 35.5. The highest BCUT2D eigenvalue weighted by Gasteiger charge is 2.14. The van der Waals surface area contributed by atoms with Crippen molar-refractivity contribution in [1.29, 1.82) is 0 Å². The molecular formula is C20H20ClN3O4S2. The number of hydrogen-bond acceptors (Lipinski definition) is 7. The van der Waals surface area contributed by atoms with Gasteiger partial charge in [-0.15, -0.1) is 16.9 Å². The van der Waals surface area contributed by atoms with E-state index in [4.69, 9.17) is 16.0 Å². The number of nitrogens with one attached hydrogen (secondary N) is 1. The van der Waals surface area contributed by atoms with Gasteiger partial charge in [-0.25, -0.2) is 8.42 Å². The maximum absolute atomic E-state index is 12.1. The molecule has 0 atom stereocenters. The Bertz CT molecular complexity index is 1100. The van der Waals surface area contributed by atoms with Crippen molar-refractivity contribution in [1.82, 2.24) is 10.2 Å². The molecule has 1 aromatic heterocycles. The molecule has 30 heavy (non-hydrogen) atoms. The number of hydrogen-bond donors (Lipinski definition) is 1. The van der Waals surface area contributed by atoms with E-state index in [1.165, 1.54) is 12.1 Å². The summed E-state index contributed by atoms with van der Waals surface area (Å²) in [5.41, 5.74) is 0.567. The summed E-state index contributed by atoms with van der Waals surface area (Å²) in [7, 11) is -3.27. The molecule has 1 heterocycles. The van der Waals surface area contributed by atoms with Crippen LogP contribution in [0.2, 0.25) is 5.02 Å². The van der Waals surface area contributed by atoms with Crippen LogP contribution in [0.5, 0.6) is 0 Å². The van der Waals surface area contributed by atoms with Gasteiger partial charge in [-0.1, -0.05) is 23.6 Å². The van der Waals surface area contributed by atoms with Gasteiger partial charge in [-0.3, -0.25) is 10.1 Å². The van der Waals surface area contributed by atoms with Crippen molar-refractivity contribution in [3.05, 3.63) is 53.6 Å². The van der Waals surface area contributed by atoms with E-state index in [-0.39, 0.29) is 28.5 Å². The molecule has 0 saturated heterocycles. The molecule has 2 aromatic carbocycles. The van der Waals surface area contributed by atoms with Crippen LogP contribution in [0.15, 0.2) is 62.7 Å². The number of anilines is 1. The first-order valence-corrected chi connectivity index (χ1v) is 12.2. The molecule has 0 aliphatic rings. The number of aromatic nitrogens is 2. The van der Waals surface area contributed by atoms with Gasteiger partial charge in [0.15, 0.2) is 9.84 Å². The van der Waals surface area contributed by atoms with E-state index in [2.05, 4.69) is 15.5 Å². The number of carbonyl (C=O) groups is 1. The lowest BCUT2D eigenvalue weighted by Crippen LogP contribution is -2.11. The molecule has 0 spiro atoms. The van der Waals surface area contributed by atoms with Crippen molar-refractivity contribution >= 4 is 45.1 Å². The summed E-state index contributed by atoms with van der Waals surface area (Å²) in [4.78, 5) is 13.4. The number of thioether (sulfide) groups is 1. The number of carbonyl (C=O) groups excluding carboxylic acids is 1. The number of amides is 1. The molecule has 0 radical (unpaired) electrons. The summed E-state index contributed by atoms with van der Waals surface area (Å²) < 4.78 is 29.2. The van der Waals surface area contributed by atoms with E-state index in [9.17, 15) is 13.2 Å². The summed E-state index contributed by atoms with van der Waals surface area (Å²) in [6, 6.07) is 13.7. The highest BCUT2D eigenvalue weighted by molar-refractivity contribution is 7.99. The van der Waals surface area contributed by atoms with Crippen LogP contribution in [-0.2, 0) is 14.6 Å². The van der Waals surface area contributed by atoms with Crippen LogP contribution in [0, 0.1) is 0 Å². The predicted molar refractivity (Wildman–Crippen MR) is 118 cm³/mol. The molecular weight excluding hydrogens is 446 g/mol. The van der Waals surface area contributed by atoms with Gasteiger partial charge in [-0.2, -0.15) is 0 Å². The lowest BCUT2D eigenvalue weighted by Gasteiger charge is -2.02. The Hall–Kier alpha value is -2.36. The Labute approximate surface area is 184 Å². The fourth-order valence-corrected chi connectivity index (χ4v) is 4.36. The molecule has 0 bridgehead atoms. The van der Waals surface area contributed by atoms with Crippen LogP contribution in [0.1, 0.15) is 19.8 Å². The Morgan fingerprint density at radius 1 is 1.10 bits per heavy atom. The quantitative estimate of drug-likeness (QED) is 0.361. The molecule has 0 fully saturated rings. The van der Waals surface area contributed by atoms with E-state index in [1.807, 2.05) is 24.3 Å². The number of rotatable bonds is 9. The van der Waals surface area contributed by atoms with Gasteiger partial charge >= 0.3 is 6.01 Å². The number of sulfone groups is 1. The Morgan fingerprint density at radius 3 is 2.47 bits per heavy atom. The zero-order chi connectivity index (χ0) is 21.6. The lowest BCUT2D eigenvalue weighted by atomic mass is 10.2. The van der Waals surface area contributed by atoms with Crippen molar-refractivity contribution in [3.63, 3.8) is 0 Å². The van der Waals surface area contributed by atoms with Gasteiger partial charge in [0.2, 0.25) is 11.8 Å². The minimum absolute atomic E-state index is 0.00519. The van der Waals surface area contributed by atoms with E-state index in [1.54, 1.807) is 30.8 Å². The second kappa shape index (κ2) is 10.1. The number of halogens is 1. The average Bonchev–Trinajstić information content (AvgIpc) is 3.21. The number of nitrogens with zero attached hydrogens (tertiary/aromatic N) is 2. The highest BCUT2D eigenvalue weighted by Crippen LogP contribution is 2.23. The second-order valence-electron chi connectivity index (χ2n) is 6.29. The van der Waals surface area contributed by atoms with Gasteiger partial charge in [0.25, 0.3) is 0 Å². The van der Waals surface area contributed by atoms with Crippen LogP contribution >= 0.6 is 23.4 Å². The normalized spacial score (nSPS) is 11.4. The largest absolute Gasteiger partial charge is 0.403 e. The Kier molecular flexibility index (Phi) is 7.52. The molecule has 0 saturated carbocycles. The first kappa shape index (κ1) is 22.3. The zero-order valence-corrected chi connectivity index (χ0v) is 18.6. The summed E-state index contributed by atoms with van der Waals surface area (Å²) in [6.45, 7) is 1.59. The molecule has 3 aromatic rings. The SMILES string of the molecule is CCS(=O)(=O)c1ccc(-c2nnc(NC(=O)CCCSc3ccc(Cl)cc3)o2)cc1. The lowest BCUT2D eigenvalue weighted by molar-refractivity contribution is -0.116. The van der Waals surface area contributed by atoms with Crippen LogP contribution in [0.3, 0.4) is 0 Å². The summed E-state index contributed by atoms with van der Waals surface area (Å²) in [6.07, 6.45) is 1.01. The fourth-order valence-electron chi connectivity index (χ4n) is 2.50. The van der Waals surface area contributed by atoms with Crippen molar-refractivity contribution in [2.75, 3.05) is 16.8 Å². The maximum Gasteiger partial charge on any atom is 0.322 e. The first-order chi connectivity index (χ1) is 14.4. The van der Waals surface area contributed by atoms with Crippen LogP contribution in [0.4, 0.5) is 6.01 Å². The van der Waals surface area contributed by atoms with E-state index < -0.39 is 9.84 Å². The monoisotopic (exact) mass is 465 g/mol. The fraction of sp³-hybridized carbons (Fsp3) is 0.250. The predicted octanol–water partition coefficient (Wildman–Crippen LogP) is 4.69. The average molecular weight is 466 g/mol. The topological polar surface area (TPSA) is 102 Å². The van der Waals surface area contributed by atoms with E-state index in [0.717, 1.165) is 10.6 Å². The van der Waals surface area contributed by atoms with Gasteiger partial charge < -0.3 is 4.42 Å². The van der Waals surface area contributed by atoms with Crippen LogP contribution in [-0.4, -0.2) is 36.0 Å². The molecule has 1 amide bonds. The van der Waals surface area contributed by atoms with E-state index >= 15 is 0 Å². The summed E-state index contributed by atoms with van der Waals surface area (Å²) in [5, 5.41) is 11.0. The molecule has 158 valence electrons. The second-order valence-corrected chi connectivity index (χ2v) is 10.2. The van der Waals surface area contributed by atoms with E-state index in [0.29, 0.717) is 23.4 Å². The molecule has 0 aliphatic carbocycles. The van der Waals surface area contributed by atoms with Crippen molar-refractivity contribution < 1.29 is 17.6 Å². The Morgan fingerprint density at radius 2 is 1.80 bits per heavy atom. The molecule has 10 heteroatoms. The zero-order valence-electron chi connectivity index (χ0n) is 16.2. The first-order valence-electron chi connectivity index (χ1n) is 9.22. The third-order valence-electron chi connectivity index (χ3n) is 4.14. The van der Waals surface area contributed by atoms with Crippen molar-refractivity contribution in [2.45, 2.75) is 29.6 Å². The maximum atomic E-state index is 12.1. The summed E-state index contributed by atoms with van der Waals surface area (Å²) >= 11 is 7.51. The molecule has 0 unspecified atom stereocenters. The Balaban J connectivity index is 1.48. The van der Waals surface area contributed by atoms with Gasteiger partial charge in [0, 0.05) is 21.9 Å². The molecule has 7 nitrogen and oxygen atoms in total. The molecule has 3 rings (SSSR count). The van der Waals surface area contributed by atoms with Gasteiger partial charge in [0.05, 0.1) is 10.6 Å². The third kappa shape index (κ3) is 6.07. The van der Waals surface area contributed by atoms with Crippen molar-refractivity contribution in [3.8, 4) is 11.5 Å². The van der Waals surface area contributed by atoms with Crippen LogP contribution < -0.4 is 5.32 Å².